The highest BCUT2D eigenvalue weighted by Gasteiger charge is 2.29. The van der Waals surface area contributed by atoms with Crippen LogP contribution in [0.3, 0.4) is 0 Å². The van der Waals surface area contributed by atoms with E-state index < -0.39 is 0 Å². The summed E-state index contributed by atoms with van der Waals surface area (Å²) >= 11 is 0. The Bertz CT molecular complexity index is 1060. The molecular formula is C22H20N4O. The standard InChI is InChI=1S/C22H20N4O/c1-15-13-18(17(3)25(15)19-9-11-23-12-10-19)14-21-16(2)24-26(22(21)27)20-7-5-4-6-8-20/h4-14H,1-3H3/b21-14+. The predicted octanol–water partition coefficient (Wildman–Crippen LogP) is 4.30. The third kappa shape index (κ3) is 2.97. The van der Waals surface area contributed by atoms with E-state index in [2.05, 4.69) is 34.6 Å². The van der Waals surface area contributed by atoms with E-state index in [9.17, 15) is 4.79 Å². The maximum Gasteiger partial charge on any atom is 0.280 e. The number of carbonyl (C=O) groups excluding carboxylic acids is 1. The average Bonchev–Trinajstić information content (AvgIpc) is 3.13. The second kappa shape index (κ2) is 6.68. The number of carbonyl (C=O) groups is 1. The molecule has 1 amide bonds. The molecule has 134 valence electrons. The molecule has 1 aliphatic heterocycles. The van der Waals surface area contributed by atoms with Gasteiger partial charge in [-0.1, -0.05) is 18.2 Å². The minimum absolute atomic E-state index is 0.104. The van der Waals surface area contributed by atoms with Gasteiger partial charge in [0.2, 0.25) is 0 Å². The second-order valence-electron chi connectivity index (χ2n) is 6.56. The Balaban J connectivity index is 1.73. The lowest BCUT2D eigenvalue weighted by Gasteiger charge is -2.11. The van der Waals surface area contributed by atoms with Crippen molar-refractivity contribution >= 4 is 23.4 Å². The lowest BCUT2D eigenvalue weighted by atomic mass is 10.1. The zero-order chi connectivity index (χ0) is 19.0. The fourth-order valence-corrected chi connectivity index (χ4v) is 3.41. The molecule has 3 aromatic rings. The topological polar surface area (TPSA) is 50.5 Å². The molecule has 0 spiro atoms. The van der Waals surface area contributed by atoms with Crippen molar-refractivity contribution in [2.24, 2.45) is 5.10 Å². The molecule has 3 heterocycles. The molecule has 4 rings (SSSR count). The largest absolute Gasteiger partial charge is 0.318 e. The van der Waals surface area contributed by atoms with Crippen LogP contribution in [-0.2, 0) is 4.79 Å². The van der Waals surface area contributed by atoms with Crippen molar-refractivity contribution in [3.63, 3.8) is 0 Å². The van der Waals surface area contributed by atoms with Crippen molar-refractivity contribution in [2.75, 3.05) is 5.01 Å². The molecule has 0 N–H and O–H groups in total. The Morgan fingerprint density at radius 1 is 0.926 bits per heavy atom. The van der Waals surface area contributed by atoms with Crippen LogP contribution in [0.5, 0.6) is 0 Å². The first-order valence-electron chi connectivity index (χ1n) is 8.82. The summed E-state index contributed by atoms with van der Waals surface area (Å²) in [5.41, 5.74) is 6.35. The fourth-order valence-electron chi connectivity index (χ4n) is 3.41. The lowest BCUT2D eigenvalue weighted by Crippen LogP contribution is -2.21. The predicted molar refractivity (Wildman–Crippen MR) is 108 cm³/mol. The van der Waals surface area contributed by atoms with Gasteiger partial charge in [-0.25, -0.2) is 0 Å². The SMILES string of the molecule is CC1=NN(c2ccccc2)C(=O)/C1=C/c1cc(C)n(-c2ccncc2)c1C. The second-order valence-corrected chi connectivity index (χ2v) is 6.56. The third-order valence-corrected chi connectivity index (χ3v) is 4.75. The number of anilines is 1. The number of aromatic nitrogens is 2. The van der Waals surface area contributed by atoms with Crippen LogP contribution in [0.25, 0.3) is 11.8 Å². The van der Waals surface area contributed by atoms with E-state index in [1.54, 1.807) is 12.4 Å². The van der Waals surface area contributed by atoms with E-state index in [0.717, 1.165) is 34.0 Å². The number of nitrogens with zero attached hydrogens (tertiary/aromatic N) is 4. The lowest BCUT2D eigenvalue weighted by molar-refractivity contribution is -0.114. The Labute approximate surface area is 158 Å². The normalized spacial score (nSPS) is 15.5. The van der Waals surface area contributed by atoms with Crippen molar-refractivity contribution in [2.45, 2.75) is 20.8 Å². The highest BCUT2D eigenvalue weighted by atomic mass is 16.2. The Hall–Kier alpha value is -3.47. The van der Waals surface area contributed by atoms with Crippen molar-refractivity contribution in [1.82, 2.24) is 9.55 Å². The van der Waals surface area contributed by atoms with E-state index in [1.165, 1.54) is 5.01 Å². The quantitative estimate of drug-likeness (QED) is 0.657. The highest BCUT2D eigenvalue weighted by Crippen LogP contribution is 2.27. The summed E-state index contributed by atoms with van der Waals surface area (Å²) in [5, 5.41) is 5.91. The van der Waals surface area contributed by atoms with E-state index in [-0.39, 0.29) is 5.91 Å². The van der Waals surface area contributed by atoms with Crippen LogP contribution < -0.4 is 5.01 Å². The molecule has 0 bridgehead atoms. The molecule has 0 saturated heterocycles. The summed E-state index contributed by atoms with van der Waals surface area (Å²) in [6.45, 7) is 5.98. The first kappa shape index (κ1) is 17.0. The number of hydrogen-bond acceptors (Lipinski definition) is 3. The smallest absolute Gasteiger partial charge is 0.280 e. The number of para-hydroxylation sites is 1. The van der Waals surface area contributed by atoms with Gasteiger partial charge in [0, 0.05) is 29.5 Å². The number of benzene rings is 1. The van der Waals surface area contributed by atoms with Gasteiger partial charge in [0.1, 0.15) is 0 Å². The van der Waals surface area contributed by atoms with Gasteiger partial charge in [-0.2, -0.15) is 10.1 Å². The van der Waals surface area contributed by atoms with Gasteiger partial charge in [-0.05, 0) is 62.7 Å². The zero-order valence-electron chi connectivity index (χ0n) is 15.5. The van der Waals surface area contributed by atoms with Crippen LogP contribution in [0.4, 0.5) is 5.69 Å². The molecule has 0 fully saturated rings. The molecule has 1 aliphatic rings. The first-order valence-corrected chi connectivity index (χ1v) is 8.82. The summed E-state index contributed by atoms with van der Waals surface area (Å²) in [6, 6.07) is 15.5. The number of pyridine rings is 1. The van der Waals surface area contributed by atoms with Crippen LogP contribution in [0.1, 0.15) is 23.9 Å². The summed E-state index contributed by atoms with van der Waals surface area (Å²) in [4.78, 5) is 17.0. The summed E-state index contributed by atoms with van der Waals surface area (Å²) in [7, 11) is 0. The summed E-state index contributed by atoms with van der Waals surface area (Å²) in [5.74, 6) is -0.104. The first-order chi connectivity index (χ1) is 13.1. The number of aryl methyl sites for hydroxylation is 1. The van der Waals surface area contributed by atoms with E-state index in [0.29, 0.717) is 5.57 Å². The molecule has 0 saturated carbocycles. The van der Waals surface area contributed by atoms with Gasteiger partial charge in [-0.15, -0.1) is 0 Å². The van der Waals surface area contributed by atoms with Gasteiger partial charge in [0.15, 0.2) is 0 Å². The molecule has 0 unspecified atom stereocenters. The van der Waals surface area contributed by atoms with Gasteiger partial charge < -0.3 is 4.57 Å². The molecule has 0 atom stereocenters. The van der Waals surface area contributed by atoms with Crippen molar-refractivity contribution < 1.29 is 4.79 Å². The van der Waals surface area contributed by atoms with Crippen molar-refractivity contribution in [3.8, 4) is 5.69 Å². The van der Waals surface area contributed by atoms with Gasteiger partial charge in [0.25, 0.3) is 5.91 Å². The Morgan fingerprint density at radius 2 is 1.63 bits per heavy atom. The minimum atomic E-state index is -0.104. The minimum Gasteiger partial charge on any atom is -0.318 e. The highest BCUT2D eigenvalue weighted by molar-refractivity contribution is 6.32. The molecule has 2 aromatic heterocycles. The molecule has 0 aliphatic carbocycles. The number of hydrazone groups is 1. The number of hydrogen-bond donors (Lipinski definition) is 0. The summed E-state index contributed by atoms with van der Waals surface area (Å²) < 4.78 is 2.16. The van der Waals surface area contributed by atoms with Crippen LogP contribution >= 0.6 is 0 Å². The van der Waals surface area contributed by atoms with Gasteiger partial charge in [-0.3, -0.25) is 9.78 Å². The maximum absolute atomic E-state index is 12.9. The van der Waals surface area contributed by atoms with Gasteiger partial charge >= 0.3 is 0 Å². The van der Waals surface area contributed by atoms with E-state index in [4.69, 9.17) is 0 Å². The maximum atomic E-state index is 12.9. The van der Waals surface area contributed by atoms with Crippen molar-refractivity contribution in [3.05, 3.63) is 83.4 Å². The molecule has 27 heavy (non-hydrogen) atoms. The number of rotatable bonds is 3. The van der Waals surface area contributed by atoms with Crippen LogP contribution in [0.2, 0.25) is 0 Å². The molecule has 5 nitrogen and oxygen atoms in total. The zero-order valence-corrected chi connectivity index (χ0v) is 15.5. The molecule has 5 heteroatoms. The van der Waals surface area contributed by atoms with Gasteiger partial charge in [0.05, 0.1) is 17.0 Å². The van der Waals surface area contributed by atoms with Crippen molar-refractivity contribution in [1.29, 1.82) is 0 Å². The Morgan fingerprint density at radius 3 is 2.33 bits per heavy atom. The third-order valence-electron chi connectivity index (χ3n) is 4.75. The fraction of sp³-hybridized carbons (Fsp3) is 0.136. The molecule has 1 aromatic carbocycles. The summed E-state index contributed by atoms with van der Waals surface area (Å²) in [6.07, 6.45) is 5.49. The average molecular weight is 356 g/mol. The van der Waals surface area contributed by atoms with Crippen LogP contribution in [0.15, 0.2) is 71.6 Å². The van der Waals surface area contributed by atoms with E-state index >= 15 is 0 Å². The molecular weight excluding hydrogens is 336 g/mol. The number of amides is 1. The monoisotopic (exact) mass is 356 g/mol. The molecule has 0 radical (unpaired) electrons. The Kier molecular flexibility index (Phi) is 4.20. The van der Waals surface area contributed by atoms with Crippen LogP contribution in [-0.4, -0.2) is 21.2 Å². The van der Waals surface area contributed by atoms with Crippen LogP contribution in [0, 0.1) is 13.8 Å². The van der Waals surface area contributed by atoms with E-state index in [1.807, 2.05) is 55.5 Å².